The third-order valence-corrected chi connectivity index (χ3v) is 7.97. The molecular formula is C25H22N2O2S. The molecule has 2 amide bonds. The van der Waals surface area contributed by atoms with Crippen molar-refractivity contribution in [3.63, 3.8) is 0 Å². The Morgan fingerprint density at radius 3 is 2.63 bits per heavy atom. The molecule has 0 aliphatic carbocycles. The summed E-state index contributed by atoms with van der Waals surface area (Å²) in [7, 11) is 0. The Morgan fingerprint density at radius 1 is 0.967 bits per heavy atom. The maximum absolute atomic E-state index is 13.6. The van der Waals surface area contributed by atoms with Crippen LogP contribution in [0.15, 0.2) is 48.5 Å². The van der Waals surface area contributed by atoms with Crippen molar-refractivity contribution in [3.8, 4) is 0 Å². The number of amides is 2. The largest absolute Gasteiger partial charge is 0.283 e. The van der Waals surface area contributed by atoms with Crippen LogP contribution in [0.4, 0.5) is 0 Å². The lowest BCUT2D eigenvalue weighted by atomic mass is 9.92. The van der Waals surface area contributed by atoms with E-state index in [9.17, 15) is 9.59 Å². The highest BCUT2D eigenvalue weighted by Crippen LogP contribution is 2.42. The number of thiophene rings is 1. The van der Waals surface area contributed by atoms with Crippen molar-refractivity contribution in [1.29, 1.82) is 0 Å². The molecule has 2 aliphatic heterocycles. The van der Waals surface area contributed by atoms with Gasteiger partial charge in [0.1, 0.15) is 0 Å². The van der Waals surface area contributed by atoms with Crippen LogP contribution < -0.4 is 0 Å². The molecule has 0 spiro atoms. The second-order valence-corrected chi connectivity index (χ2v) is 9.38. The quantitative estimate of drug-likeness (QED) is 0.408. The first-order chi connectivity index (χ1) is 14.7. The number of likely N-dealkylation sites (tertiary alicyclic amines) is 1. The number of imide groups is 1. The van der Waals surface area contributed by atoms with Crippen molar-refractivity contribution in [3.05, 3.63) is 59.7 Å². The summed E-state index contributed by atoms with van der Waals surface area (Å²) in [4.78, 5) is 30.7. The van der Waals surface area contributed by atoms with E-state index < -0.39 is 0 Å². The third kappa shape index (κ3) is 2.42. The highest BCUT2D eigenvalue weighted by Gasteiger charge is 2.36. The second-order valence-electron chi connectivity index (χ2n) is 8.32. The van der Waals surface area contributed by atoms with Crippen LogP contribution in [-0.4, -0.2) is 40.9 Å². The Hall–Kier alpha value is -2.76. The third-order valence-electron chi connectivity index (χ3n) is 6.75. The van der Waals surface area contributed by atoms with Crippen molar-refractivity contribution in [2.75, 3.05) is 13.2 Å². The molecule has 1 aromatic heterocycles. The van der Waals surface area contributed by atoms with Gasteiger partial charge in [0.15, 0.2) is 0 Å². The molecular weight excluding hydrogens is 392 g/mol. The lowest BCUT2D eigenvalue weighted by Gasteiger charge is -2.33. The van der Waals surface area contributed by atoms with Crippen LogP contribution in [0, 0.1) is 0 Å². The summed E-state index contributed by atoms with van der Waals surface area (Å²) < 4.78 is 2.35. The molecule has 3 aromatic carbocycles. The van der Waals surface area contributed by atoms with E-state index >= 15 is 0 Å². The van der Waals surface area contributed by atoms with Crippen molar-refractivity contribution >= 4 is 54.1 Å². The molecule has 5 heteroatoms. The van der Waals surface area contributed by atoms with Gasteiger partial charge in [-0.15, -0.1) is 11.3 Å². The van der Waals surface area contributed by atoms with Gasteiger partial charge in [0.2, 0.25) is 0 Å². The summed E-state index contributed by atoms with van der Waals surface area (Å²) in [5.41, 5.74) is 1.30. The highest BCUT2D eigenvalue weighted by molar-refractivity contribution is 7.26. The molecule has 150 valence electrons. The van der Waals surface area contributed by atoms with E-state index in [1.54, 1.807) is 11.3 Å². The summed E-state index contributed by atoms with van der Waals surface area (Å²) in [6, 6.07) is 16.6. The average Bonchev–Trinajstić information content (AvgIpc) is 3.38. The number of hydrogen-bond acceptors (Lipinski definition) is 4. The molecule has 0 unspecified atom stereocenters. The van der Waals surface area contributed by atoms with Crippen molar-refractivity contribution in [1.82, 2.24) is 9.80 Å². The fraction of sp³-hybridized carbons (Fsp3) is 0.280. The number of nitrogens with zero attached hydrogens (tertiary/aromatic N) is 2. The molecule has 1 fully saturated rings. The SMILES string of the molecule is CC[C@H]1CCCN1CN1C(=O)c2cccc3c2c(cc2c4ccccc4sc32)C1=O. The van der Waals surface area contributed by atoms with E-state index in [0.29, 0.717) is 23.8 Å². The Kier molecular flexibility index (Phi) is 3.98. The molecule has 3 heterocycles. The first-order valence-electron chi connectivity index (χ1n) is 10.6. The monoisotopic (exact) mass is 414 g/mol. The van der Waals surface area contributed by atoms with Gasteiger partial charge in [-0.2, -0.15) is 0 Å². The number of fused-ring (bicyclic) bond motifs is 4. The highest BCUT2D eigenvalue weighted by atomic mass is 32.1. The van der Waals surface area contributed by atoms with E-state index in [0.717, 1.165) is 46.7 Å². The number of hydrogen-bond donors (Lipinski definition) is 0. The first kappa shape index (κ1) is 18.0. The normalized spacial score (nSPS) is 19.6. The predicted octanol–water partition coefficient (Wildman–Crippen LogP) is 5.64. The molecule has 0 bridgehead atoms. The van der Waals surface area contributed by atoms with Crippen LogP contribution in [0.2, 0.25) is 0 Å². The molecule has 30 heavy (non-hydrogen) atoms. The van der Waals surface area contributed by atoms with Gasteiger partial charge < -0.3 is 0 Å². The van der Waals surface area contributed by atoms with Crippen LogP contribution in [0.5, 0.6) is 0 Å². The fourth-order valence-electron chi connectivity index (χ4n) is 5.24. The molecule has 0 radical (unpaired) electrons. The maximum Gasteiger partial charge on any atom is 0.262 e. The minimum Gasteiger partial charge on any atom is -0.283 e. The Balaban J connectivity index is 1.56. The zero-order valence-electron chi connectivity index (χ0n) is 16.9. The maximum atomic E-state index is 13.6. The van der Waals surface area contributed by atoms with E-state index in [2.05, 4.69) is 24.0 Å². The lowest BCUT2D eigenvalue weighted by Crippen LogP contribution is -2.48. The first-order valence-corrected chi connectivity index (χ1v) is 11.5. The Morgan fingerprint density at radius 2 is 1.77 bits per heavy atom. The summed E-state index contributed by atoms with van der Waals surface area (Å²) in [5.74, 6) is -0.331. The topological polar surface area (TPSA) is 40.6 Å². The summed E-state index contributed by atoms with van der Waals surface area (Å²) >= 11 is 1.73. The van der Waals surface area contributed by atoms with Crippen LogP contribution in [-0.2, 0) is 0 Å². The van der Waals surface area contributed by atoms with E-state index in [1.807, 2.05) is 36.4 Å². The molecule has 0 N–H and O–H groups in total. The van der Waals surface area contributed by atoms with Gasteiger partial charge in [-0.05, 0) is 37.5 Å². The van der Waals surface area contributed by atoms with E-state index in [4.69, 9.17) is 0 Å². The van der Waals surface area contributed by atoms with Gasteiger partial charge in [0, 0.05) is 54.7 Å². The molecule has 4 nitrogen and oxygen atoms in total. The molecule has 4 aromatic rings. The summed E-state index contributed by atoms with van der Waals surface area (Å²) in [6.45, 7) is 3.51. The molecule has 2 aliphatic rings. The Labute approximate surface area is 178 Å². The zero-order valence-corrected chi connectivity index (χ0v) is 17.7. The summed E-state index contributed by atoms with van der Waals surface area (Å²) in [5, 5.41) is 4.10. The molecule has 1 saturated heterocycles. The Bertz CT molecular complexity index is 1360. The smallest absolute Gasteiger partial charge is 0.262 e. The molecule has 0 saturated carbocycles. The minimum atomic E-state index is -0.166. The lowest BCUT2D eigenvalue weighted by molar-refractivity contribution is 0.0481. The van der Waals surface area contributed by atoms with Crippen LogP contribution in [0.3, 0.4) is 0 Å². The predicted molar refractivity (Wildman–Crippen MR) is 122 cm³/mol. The zero-order chi connectivity index (χ0) is 20.4. The minimum absolute atomic E-state index is 0.164. The standard InChI is InChI=1S/C25H22N2O2S/c1-2-15-7-6-12-26(15)14-27-24(28)18-10-5-9-17-22(18)20(25(27)29)13-19-16-8-3-4-11-21(16)30-23(17)19/h3-5,8-11,13,15H,2,6-7,12,14H2,1H3/t15-/m0/s1. The average molecular weight is 415 g/mol. The van der Waals surface area contributed by atoms with Crippen molar-refractivity contribution < 1.29 is 9.59 Å². The van der Waals surface area contributed by atoms with Crippen molar-refractivity contribution in [2.45, 2.75) is 32.2 Å². The van der Waals surface area contributed by atoms with Gasteiger partial charge in [-0.1, -0.05) is 37.3 Å². The number of carbonyl (C=O) groups is 2. The molecule has 6 rings (SSSR count). The fourth-order valence-corrected chi connectivity index (χ4v) is 6.45. The van der Waals surface area contributed by atoms with E-state index in [-0.39, 0.29) is 11.8 Å². The van der Waals surface area contributed by atoms with Gasteiger partial charge in [-0.25, -0.2) is 0 Å². The van der Waals surface area contributed by atoms with Gasteiger partial charge >= 0.3 is 0 Å². The number of rotatable bonds is 3. The van der Waals surface area contributed by atoms with Gasteiger partial charge in [0.05, 0.1) is 6.67 Å². The second kappa shape index (κ2) is 6.62. The summed E-state index contributed by atoms with van der Waals surface area (Å²) in [6.07, 6.45) is 3.31. The molecule has 1 atom stereocenters. The van der Waals surface area contributed by atoms with E-state index in [1.165, 1.54) is 15.0 Å². The van der Waals surface area contributed by atoms with Crippen LogP contribution in [0.25, 0.3) is 30.9 Å². The number of carbonyl (C=O) groups excluding carboxylic acids is 2. The van der Waals surface area contributed by atoms with Crippen molar-refractivity contribution in [2.24, 2.45) is 0 Å². The number of benzene rings is 3. The van der Waals surface area contributed by atoms with Crippen LogP contribution >= 0.6 is 11.3 Å². The van der Waals surface area contributed by atoms with Gasteiger partial charge in [0.25, 0.3) is 11.8 Å². The van der Waals surface area contributed by atoms with Crippen LogP contribution in [0.1, 0.15) is 46.9 Å². The van der Waals surface area contributed by atoms with Gasteiger partial charge in [-0.3, -0.25) is 19.4 Å².